The fourth-order valence-electron chi connectivity index (χ4n) is 2.43. The Hall–Kier alpha value is -0.0800. The lowest BCUT2D eigenvalue weighted by Crippen LogP contribution is -2.27. The summed E-state index contributed by atoms with van der Waals surface area (Å²) >= 11 is 0. The summed E-state index contributed by atoms with van der Waals surface area (Å²) in [6, 6.07) is 0. The molecule has 122 valence electrons. The highest BCUT2D eigenvalue weighted by molar-refractivity contribution is 4.59. The Morgan fingerprint density at radius 2 is 1.30 bits per heavy atom. The highest BCUT2D eigenvalue weighted by Gasteiger charge is 2.03. The molecule has 0 atom stereocenters. The number of nitrogens with zero attached hydrogens (tertiary/aromatic N) is 1. The first-order valence-electron chi connectivity index (χ1n) is 9.13. The molecule has 0 rings (SSSR count). The molecule has 0 spiro atoms. The van der Waals surface area contributed by atoms with E-state index >= 15 is 0 Å². The second kappa shape index (κ2) is 15.3. The Labute approximate surface area is 128 Å². The van der Waals surface area contributed by atoms with Crippen molar-refractivity contribution in [2.45, 2.75) is 79.1 Å². The predicted molar refractivity (Wildman–Crippen MR) is 92.4 cm³/mol. The molecule has 0 aromatic heterocycles. The fourth-order valence-corrected chi connectivity index (χ4v) is 2.43. The number of nitrogens with one attached hydrogen (secondary N) is 1. The number of unbranched alkanes of at least 4 members (excludes halogenated alkanes) is 5. The van der Waals surface area contributed by atoms with E-state index in [1.807, 2.05) is 0 Å². The quantitative estimate of drug-likeness (QED) is 0.439. The Bertz CT molecular complexity index is 172. The van der Waals surface area contributed by atoms with Gasteiger partial charge in [-0.25, -0.2) is 0 Å². The van der Waals surface area contributed by atoms with Crippen molar-refractivity contribution in [2.24, 2.45) is 5.92 Å². The van der Waals surface area contributed by atoms with E-state index in [9.17, 15) is 0 Å². The van der Waals surface area contributed by atoms with Crippen LogP contribution in [0, 0.1) is 5.92 Å². The van der Waals surface area contributed by atoms with E-state index in [0.29, 0.717) is 0 Å². The smallest absolute Gasteiger partial charge is 0.00187 e. The van der Waals surface area contributed by atoms with E-state index in [1.165, 1.54) is 84.1 Å². The van der Waals surface area contributed by atoms with Crippen LogP contribution in [0.5, 0.6) is 0 Å². The molecule has 0 radical (unpaired) electrons. The van der Waals surface area contributed by atoms with Crippen LogP contribution in [0.25, 0.3) is 0 Å². The SMILES string of the molecule is CCCCN(CCCC)CCCCCCNCC(C)C. The molecule has 0 heterocycles. The number of rotatable bonds is 15. The van der Waals surface area contributed by atoms with Gasteiger partial charge in [-0.1, -0.05) is 53.4 Å². The van der Waals surface area contributed by atoms with E-state index in [2.05, 4.69) is 37.9 Å². The Morgan fingerprint density at radius 3 is 1.85 bits per heavy atom. The van der Waals surface area contributed by atoms with E-state index in [1.54, 1.807) is 0 Å². The summed E-state index contributed by atoms with van der Waals surface area (Å²) in [7, 11) is 0. The van der Waals surface area contributed by atoms with Crippen molar-refractivity contribution >= 4 is 0 Å². The van der Waals surface area contributed by atoms with Crippen molar-refractivity contribution < 1.29 is 0 Å². The molecule has 0 aromatic carbocycles. The molecular formula is C18H40N2. The van der Waals surface area contributed by atoms with E-state index in [-0.39, 0.29) is 0 Å². The Kier molecular flexibility index (Phi) is 15.3. The van der Waals surface area contributed by atoms with Gasteiger partial charge in [0.2, 0.25) is 0 Å². The average molecular weight is 285 g/mol. The summed E-state index contributed by atoms with van der Waals surface area (Å²) in [4.78, 5) is 2.68. The highest BCUT2D eigenvalue weighted by atomic mass is 15.1. The van der Waals surface area contributed by atoms with Gasteiger partial charge in [0, 0.05) is 0 Å². The second-order valence-corrected chi connectivity index (χ2v) is 6.56. The van der Waals surface area contributed by atoms with Gasteiger partial charge in [0.25, 0.3) is 0 Å². The molecule has 2 heteroatoms. The third kappa shape index (κ3) is 14.3. The summed E-state index contributed by atoms with van der Waals surface area (Å²) in [6.45, 7) is 15.4. The highest BCUT2D eigenvalue weighted by Crippen LogP contribution is 2.05. The maximum absolute atomic E-state index is 3.53. The van der Waals surface area contributed by atoms with Crippen molar-refractivity contribution in [2.75, 3.05) is 32.7 Å². The topological polar surface area (TPSA) is 15.3 Å². The molecule has 0 bridgehead atoms. The third-order valence-electron chi connectivity index (χ3n) is 3.79. The number of hydrogen-bond acceptors (Lipinski definition) is 2. The summed E-state index contributed by atoms with van der Waals surface area (Å²) in [6.07, 6.45) is 10.9. The van der Waals surface area contributed by atoms with E-state index < -0.39 is 0 Å². The van der Waals surface area contributed by atoms with Gasteiger partial charge in [0.05, 0.1) is 0 Å². The minimum absolute atomic E-state index is 0.778. The zero-order valence-electron chi connectivity index (χ0n) is 14.7. The first kappa shape index (κ1) is 19.9. The zero-order valence-corrected chi connectivity index (χ0v) is 14.7. The van der Waals surface area contributed by atoms with E-state index in [4.69, 9.17) is 0 Å². The largest absolute Gasteiger partial charge is 0.316 e. The second-order valence-electron chi connectivity index (χ2n) is 6.56. The summed E-state index contributed by atoms with van der Waals surface area (Å²) < 4.78 is 0. The monoisotopic (exact) mass is 284 g/mol. The molecular weight excluding hydrogens is 244 g/mol. The van der Waals surface area contributed by atoms with Crippen LogP contribution in [0.15, 0.2) is 0 Å². The van der Waals surface area contributed by atoms with Gasteiger partial charge in [-0.2, -0.15) is 0 Å². The maximum Gasteiger partial charge on any atom is -0.00187 e. The summed E-state index contributed by atoms with van der Waals surface area (Å²) in [5.74, 6) is 0.778. The summed E-state index contributed by atoms with van der Waals surface area (Å²) in [5, 5.41) is 3.53. The first-order valence-corrected chi connectivity index (χ1v) is 9.13. The minimum Gasteiger partial charge on any atom is -0.316 e. The fraction of sp³-hybridized carbons (Fsp3) is 1.00. The van der Waals surface area contributed by atoms with E-state index in [0.717, 1.165) is 5.92 Å². The van der Waals surface area contributed by atoms with Gasteiger partial charge in [0.15, 0.2) is 0 Å². The van der Waals surface area contributed by atoms with Gasteiger partial charge in [0.1, 0.15) is 0 Å². The first-order chi connectivity index (χ1) is 9.70. The van der Waals surface area contributed by atoms with Crippen LogP contribution in [0.3, 0.4) is 0 Å². The van der Waals surface area contributed by atoms with Crippen LogP contribution >= 0.6 is 0 Å². The van der Waals surface area contributed by atoms with Crippen molar-refractivity contribution in [3.63, 3.8) is 0 Å². The lowest BCUT2D eigenvalue weighted by molar-refractivity contribution is 0.259. The van der Waals surface area contributed by atoms with Crippen LogP contribution in [0.4, 0.5) is 0 Å². The summed E-state index contributed by atoms with van der Waals surface area (Å²) in [5.41, 5.74) is 0. The zero-order chi connectivity index (χ0) is 15.1. The molecule has 0 unspecified atom stereocenters. The van der Waals surface area contributed by atoms with Crippen molar-refractivity contribution in [3.05, 3.63) is 0 Å². The third-order valence-corrected chi connectivity index (χ3v) is 3.79. The molecule has 0 amide bonds. The molecule has 0 aliphatic heterocycles. The standard InChI is InChI=1S/C18H40N2/c1-5-7-14-20(15-8-6-2)16-12-10-9-11-13-19-17-18(3)4/h18-19H,5-17H2,1-4H3. The van der Waals surface area contributed by atoms with Crippen LogP contribution in [0.2, 0.25) is 0 Å². The van der Waals surface area contributed by atoms with Crippen LogP contribution in [0.1, 0.15) is 79.1 Å². The van der Waals surface area contributed by atoms with Crippen LogP contribution < -0.4 is 5.32 Å². The molecule has 20 heavy (non-hydrogen) atoms. The molecule has 0 aromatic rings. The molecule has 0 aliphatic carbocycles. The normalized spacial score (nSPS) is 11.7. The molecule has 1 N–H and O–H groups in total. The minimum atomic E-state index is 0.778. The average Bonchev–Trinajstić information content (AvgIpc) is 2.43. The Balaban J connectivity index is 3.42. The number of hydrogen-bond donors (Lipinski definition) is 1. The van der Waals surface area contributed by atoms with Gasteiger partial charge in [-0.05, 0) is 64.3 Å². The Morgan fingerprint density at radius 1 is 0.750 bits per heavy atom. The van der Waals surface area contributed by atoms with Gasteiger partial charge in [-0.3, -0.25) is 0 Å². The van der Waals surface area contributed by atoms with Gasteiger partial charge in [-0.15, -0.1) is 0 Å². The van der Waals surface area contributed by atoms with Gasteiger partial charge < -0.3 is 10.2 Å². The van der Waals surface area contributed by atoms with Crippen molar-refractivity contribution in [1.82, 2.24) is 10.2 Å². The molecule has 0 aliphatic rings. The molecule has 0 saturated heterocycles. The van der Waals surface area contributed by atoms with Crippen LogP contribution in [-0.2, 0) is 0 Å². The van der Waals surface area contributed by atoms with Crippen molar-refractivity contribution in [1.29, 1.82) is 0 Å². The van der Waals surface area contributed by atoms with Gasteiger partial charge >= 0.3 is 0 Å². The molecule has 0 fully saturated rings. The van der Waals surface area contributed by atoms with Crippen LogP contribution in [-0.4, -0.2) is 37.6 Å². The molecule has 2 nitrogen and oxygen atoms in total. The van der Waals surface area contributed by atoms with Crippen molar-refractivity contribution in [3.8, 4) is 0 Å². The molecule has 0 saturated carbocycles. The lowest BCUT2D eigenvalue weighted by Gasteiger charge is -2.21. The lowest BCUT2D eigenvalue weighted by atomic mass is 10.1. The maximum atomic E-state index is 3.53. The predicted octanol–water partition coefficient (Wildman–Crippen LogP) is 4.69.